The minimum absolute atomic E-state index is 0.103. The molecule has 6 N–H and O–H groups in total. The van der Waals surface area contributed by atoms with Gasteiger partial charge in [0.2, 0.25) is 21.8 Å². The van der Waals surface area contributed by atoms with Crippen LogP contribution in [0.15, 0.2) is 65.7 Å². The maximum atomic E-state index is 13.9. The van der Waals surface area contributed by atoms with E-state index >= 15 is 0 Å². The lowest BCUT2D eigenvalue weighted by molar-refractivity contribution is -0.159. The molecule has 12 heteroatoms. The number of nitrogens with two attached hydrogens (primary N) is 1. The fraction of sp³-hybridized carbons (Fsp3) is 0.514. The molecule has 0 spiro atoms. The average Bonchev–Trinajstić information content (AvgIpc) is 3.45. The summed E-state index contributed by atoms with van der Waals surface area (Å²) in [5, 5.41) is 6.82. The van der Waals surface area contributed by atoms with Crippen LogP contribution in [0.2, 0.25) is 0 Å². The van der Waals surface area contributed by atoms with E-state index in [1.807, 2.05) is 30.5 Å². The molecule has 3 aromatic rings. The van der Waals surface area contributed by atoms with Crippen LogP contribution in [-0.4, -0.2) is 62.0 Å². The smallest absolute Gasteiger partial charge is 0.329 e. The summed E-state index contributed by atoms with van der Waals surface area (Å²) in [6, 6.07) is 14.2. The summed E-state index contributed by atoms with van der Waals surface area (Å²) >= 11 is 0. The highest BCUT2D eigenvalue weighted by molar-refractivity contribution is 7.89. The summed E-state index contributed by atoms with van der Waals surface area (Å²) in [5.74, 6) is -1.44. The van der Waals surface area contributed by atoms with Gasteiger partial charge >= 0.3 is 5.97 Å². The zero-order valence-electron chi connectivity index (χ0n) is 27.6. The highest BCUT2D eigenvalue weighted by atomic mass is 32.2. The van der Waals surface area contributed by atoms with Crippen molar-refractivity contribution in [1.82, 2.24) is 20.3 Å². The van der Waals surface area contributed by atoms with Crippen molar-refractivity contribution in [3.8, 4) is 0 Å². The average molecular weight is 668 g/mol. The van der Waals surface area contributed by atoms with Crippen molar-refractivity contribution >= 4 is 38.7 Å². The number of hydrogen-bond acceptors (Lipinski definition) is 7. The number of nitrogens with one attached hydrogen (secondary N) is 4. The molecule has 2 amide bonds. The molecule has 4 rings (SSSR count). The predicted molar refractivity (Wildman–Crippen MR) is 182 cm³/mol. The molecule has 1 unspecified atom stereocenters. The summed E-state index contributed by atoms with van der Waals surface area (Å²) in [6.45, 7) is 6.09. The van der Waals surface area contributed by atoms with E-state index in [1.165, 1.54) is 0 Å². The number of H-pyrrole nitrogens is 1. The first kappa shape index (κ1) is 36.1. The highest BCUT2D eigenvalue weighted by Gasteiger charge is 2.33. The summed E-state index contributed by atoms with van der Waals surface area (Å²) in [4.78, 5) is 44.0. The zero-order valence-corrected chi connectivity index (χ0v) is 28.4. The summed E-state index contributed by atoms with van der Waals surface area (Å²) in [6.07, 6.45) is 6.26. The zero-order chi connectivity index (χ0) is 34.0. The molecule has 1 heterocycles. The summed E-state index contributed by atoms with van der Waals surface area (Å²) in [7, 11) is -3.61. The maximum absolute atomic E-state index is 13.9. The van der Waals surface area contributed by atoms with Crippen LogP contribution < -0.4 is 21.1 Å². The number of aromatic amines is 1. The third-order valence-corrected chi connectivity index (χ3v) is 9.96. The summed E-state index contributed by atoms with van der Waals surface area (Å²) < 4.78 is 33.6. The van der Waals surface area contributed by atoms with Crippen LogP contribution in [0.3, 0.4) is 0 Å². The molecule has 0 saturated heterocycles. The molecule has 1 fully saturated rings. The minimum Gasteiger partial charge on any atom is -0.458 e. The number of fused-ring (bicyclic) bond motifs is 1. The van der Waals surface area contributed by atoms with E-state index in [0.29, 0.717) is 58.0 Å². The van der Waals surface area contributed by atoms with E-state index in [-0.39, 0.29) is 29.1 Å². The van der Waals surface area contributed by atoms with E-state index in [9.17, 15) is 22.8 Å². The fourth-order valence-corrected chi connectivity index (χ4v) is 7.08. The maximum Gasteiger partial charge on any atom is 0.329 e. The van der Waals surface area contributed by atoms with Gasteiger partial charge in [-0.2, -0.15) is 0 Å². The first-order chi connectivity index (χ1) is 22.4. The molecule has 0 radical (unpaired) electrons. The Morgan fingerprint density at radius 1 is 0.936 bits per heavy atom. The molecule has 1 saturated carbocycles. The first-order valence-electron chi connectivity index (χ1n) is 16.5. The Bertz CT molecular complexity index is 1590. The molecular formula is C35H49N5O6S. The molecule has 1 aromatic heterocycles. The van der Waals surface area contributed by atoms with Crippen molar-refractivity contribution in [1.29, 1.82) is 0 Å². The Balaban J connectivity index is 1.43. The van der Waals surface area contributed by atoms with Crippen molar-refractivity contribution in [2.24, 2.45) is 17.6 Å². The van der Waals surface area contributed by atoms with E-state index in [1.54, 1.807) is 51.1 Å². The molecule has 256 valence electrons. The molecule has 47 heavy (non-hydrogen) atoms. The van der Waals surface area contributed by atoms with Gasteiger partial charge in [0.25, 0.3) is 0 Å². The Labute approximate surface area is 277 Å². The van der Waals surface area contributed by atoms with Crippen LogP contribution in [-0.2, 0) is 35.6 Å². The SMILES string of the molecule is CC(C)(C)OC(=O)C(CCCCN)NC(=O)[C@H](Cc1c[nH]c2ccccc12)NC(=O)C1CCC(CNS(=O)(=O)c2ccccc2)CC1. The number of sulfonamides is 1. The highest BCUT2D eigenvalue weighted by Crippen LogP contribution is 2.29. The third-order valence-electron chi connectivity index (χ3n) is 8.52. The van der Waals surface area contributed by atoms with E-state index in [4.69, 9.17) is 10.5 Å². The van der Waals surface area contributed by atoms with Crippen LogP contribution in [0.4, 0.5) is 0 Å². The van der Waals surface area contributed by atoms with Gasteiger partial charge < -0.3 is 26.1 Å². The van der Waals surface area contributed by atoms with E-state index in [0.717, 1.165) is 16.5 Å². The second-order valence-corrected chi connectivity index (χ2v) is 15.2. The monoisotopic (exact) mass is 667 g/mol. The largest absolute Gasteiger partial charge is 0.458 e. The van der Waals surface area contributed by atoms with Gasteiger partial charge in [-0.05, 0) is 102 Å². The number of carbonyl (C=O) groups excluding carboxylic acids is 3. The second-order valence-electron chi connectivity index (χ2n) is 13.4. The number of rotatable bonds is 15. The van der Waals surface area contributed by atoms with Gasteiger partial charge in [0.05, 0.1) is 4.90 Å². The van der Waals surface area contributed by atoms with Gasteiger partial charge in [-0.3, -0.25) is 9.59 Å². The van der Waals surface area contributed by atoms with E-state index in [2.05, 4.69) is 20.3 Å². The molecule has 0 bridgehead atoms. The van der Waals surface area contributed by atoms with Gasteiger partial charge in [0.15, 0.2) is 0 Å². The first-order valence-corrected chi connectivity index (χ1v) is 18.0. The molecular weight excluding hydrogens is 618 g/mol. The molecule has 2 atom stereocenters. The molecule has 0 aliphatic heterocycles. The third kappa shape index (κ3) is 10.6. The van der Waals surface area contributed by atoms with Crippen molar-refractivity contribution < 1.29 is 27.5 Å². The van der Waals surface area contributed by atoms with Crippen LogP contribution in [0, 0.1) is 11.8 Å². The van der Waals surface area contributed by atoms with Gasteiger partial charge in [-0.25, -0.2) is 17.9 Å². The number of esters is 1. The minimum atomic E-state index is -3.61. The molecule has 1 aliphatic rings. The molecule has 1 aliphatic carbocycles. The summed E-state index contributed by atoms with van der Waals surface area (Å²) in [5.41, 5.74) is 6.73. The Hall–Kier alpha value is -3.74. The number of hydrogen-bond donors (Lipinski definition) is 5. The normalized spacial score (nSPS) is 18.3. The lowest BCUT2D eigenvalue weighted by Gasteiger charge is -2.30. The van der Waals surface area contributed by atoms with Crippen LogP contribution in [0.25, 0.3) is 10.9 Å². The van der Waals surface area contributed by atoms with Crippen molar-refractivity contribution in [3.05, 3.63) is 66.4 Å². The van der Waals surface area contributed by atoms with Crippen LogP contribution in [0.1, 0.15) is 71.3 Å². The van der Waals surface area contributed by atoms with Crippen molar-refractivity contribution in [2.45, 2.75) is 94.7 Å². The standard InChI is InChI=1S/C35H49N5O6S/c1-35(2,3)46-34(43)30(15-9-10-20-36)39-33(42)31(21-26-23-37-29-14-8-7-13-28(26)29)40-32(41)25-18-16-24(17-19-25)22-38-47(44,45)27-11-5-4-6-12-27/h4-8,11-14,23-25,30-31,37-38H,9-10,15-22,36H2,1-3H3,(H,39,42)(H,40,41)/t24?,25?,30?,31-/m0/s1. The fourth-order valence-electron chi connectivity index (χ4n) is 5.95. The van der Waals surface area contributed by atoms with Gasteiger partial charge in [0, 0.05) is 36.0 Å². The lowest BCUT2D eigenvalue weighted by Crippen LogP contribution is -2.54. The topological polar surface area (TPSA) is 172 Å². The Morgan fingerprint density at radius 2 is 1.62 bits per heavy atom. The number of ether oxygens (including phenoxy) is 1. The van der Waals surface area contributed by atoms with E-state index < -0.39 is 39.6 Å². The van der Waals surface area contributed by atoms with Gasteiger partial charge in [-0.1, -0.05) is 36.4 Å². The second kappa shape index (κ2) is 16.4. The number of carbonyl (C=O) groups is 3. The number of benzene rings is 2. The number of amides is 2. The number of para-hydroxylation sites is 1. The van der Waals surface area contributed by atoms with Crippen molar-refractivity contribution in [2.75, 3.05) is 13.1 Å². The Kier molecular flexibility index (Phi) is 12.6. The number of unbranched alkanes of at least 4 members (excludes halogenated alkanes) is 1. The van der Waals surface area contributed by atoms with Crippen LogP contribution >= 0.6 is 0 Å². The van der Waals surface area contributed by atoms with Crippen molar-refractivity contribution in [3.63, 3.8) is 0 Å². The van der Waals surface area contributed by atoms with Gasteiger partial charge in [0.1, 0.15) is 17.7 Å². The molecule has 2 aromatic carbocycles. The molecule has 11 nitrogen and oxygen atoms in total. The number of aromatic nitrogens is 1. The Morgan fingerprint density at radius 3 is 2.30 bits per heavy atom. The van der Waals surface area contributed by atoms with Gasteiger partial charge in [-0.15, -0.1) is 0 Å². The lowest BCUT2D eigenvalue weighted by atomic mass is 9.81. The predicted octanol–water partition coefficient (Wildman–Crippen LogP) is 3.94. The van der Waals surface area contributed by atoms with Crippen LogP contribution in [0.5, 0.6) is 0 Å². The quantitative estimate of drug-likeness (QED) is 0.121.